The molecule has 1 heterocycles. The molecule has 1 amide bonds. The Bertz CT molecular complexity index is 810. The van der Waals surface area contributed by atoms with Crippen LogP contribution in [0.5, 0.6) is 0 Å². The van der Waals surface area contributed by atoms with Gasteiger partial charge in [0, 0.05) is 17.9 Å². The number of nitrogens with one attached hydrogen (secondary N) is 2. The molecule has 142 valence electrons. The fourth-order valence-electron chi connectivity index (χ4n) is 4.66. The van der Waals surface area contributed by atoms with Crippen molar-refractivity contribution in [3.63, 3.8) is 0 Å². The van der Waals surface area contributed by atoms with Crippen molar-refractivity contribution in [2.24, 2.45) is 11.8 Å². The lowest BCUT2D eigenvalue weighted by molar-refractivity contribution is 0.0880. The highest BCUT2D eigenvalue weighted by Gasteiger charge is 2.33. The van der Waals surface area contributed by atoms with E-state index in [1.54, 1.807) is 30.5 Å². The molecule has 5 heteroatoms. The lowest BCUT2D eigenvalue weighted by Gasteiger charge is -2.39. The topological polar surface area (TPSA) is 54.0 Å². The van der Waals surface area contributed by atoms with Gasteiger partial charge in [-0.05, 0) is 61.4 Å². The van der Waals surface area contributed by atoms with Gasteiger partial charge in [0.25, 0.3) is 5.91 Å². The molecule has 0 spiro atoms. The Balaban J connectivity index is 1.44. The Morgan fingerprint density at radius 1 is 1.04 bits per heavy atom. The van der Waals surface area contributed by atoms with Crippen LogP contribution in [0.4, 0.5) is 15.9 Å². The number of pyridine rings is 1. The highest BCUT2D eigenvalue weighted by atomic mass is 19.1. The number of carbonyl (C=O) groups is 1. The molecule has 0 radical (unpaired) electrons. The molecule has 0 bridgehead atoms. The monoisotopic (exact) mass is 367 g/mol. The quantitative estimate of drug-likeness (QED) is 0.795. The Kier molecular flexibility index (Phi) is 5.37. The van der Waals surface area contributed by atoms with Gasteiger partial charge in [0.2, 0.25) is 0 Å². The highest BCUT2D eigenvalue weighted by molar-refractivity contribution is 5.99. The molecule has 4 nitrogen and oxygen atoms in total. The summed E-state index contributed by atoms with van der Waals surface area (Å²) in [5.74, 6) is 1.63. The van der Waals surface area contributed by atoms with Crippen molar-refractivity contribution in [2.45, 2.75) is 51.0 Å². The van der Waals surface area contributed by atoms with Gasteiger partial charge in [0.15, 0.2) is 0 Å². The SMILES string of the molecule is O=C(N[C@@H]1CC[C@H]2CCCC[C@@H]2C1)c1cccnc1Nc1cccc(F)c1. The molecule has 4 rings (SSSR count). The van der Waals surface area contributed by atoms with Gasteiger partial charge in [-0.25, -0.2) is 9.37 Å². The number of amides is 1. The van der Waals surface area contributed by atoms with Crippen molar-refractivity contribution >= 4 is 17.4 Å². The number of anilines is 2. The van der Waals surface area contributed by atoms with Crippen LogP contribution in [0.15, 0.2) is 42.6 Å². The van der Waals surface area contributed by atoms with Crippen LogP contribution in [0, 0.1) is 17.7 Å². The summed E-state index contributed by atoms with van der Waals surface area (Å²) in [4.78, 5) is 17.2. The minimum atomic E-state index is -0.328. The summed E-state index contributed by atoms with van der Waals surface area (Å²) in [5, 5.41) is 6.28. The number of hydrogen-bond acceptors (Lipinski definition) is 3. The second-order valence-electron chi connectivity index (χ2n) is 7.82. The Morgan fingerprint density at radius 3 is 2.74 bits per heavy atom. The van der Waals surface area contributed by atoms with Crippen LogP contribution in [0.1, 0.15) is 55.3 Å². The summed E-state index contributed by atoms with van der Waals surface area (Å²) in [6.07, 6.45) is 10.3. The molecule has 2 fully saturated rings. The third kappa shape index (κ3) is 4.29. The fourth-order valence-corrected chi connectivity index (χ4v) is 4.66. The van der Waals surface area contributed by atoms with E-state index in [0.29, 0.717) is 17.1 Å². The molecule has 3 atom stereocenters. The van der Waals surface area contributed by atoms with E-state index in [0.717, 1.165) is 24.7 Å². The van der Waals surface area contributed by atoms with Crippen LogP contribution >= 0.6 is 0 Å². The summed E-state index contributed by atoms with van der Waals surface area (Å²) in [7, 11) is 0. The summed E-state index contributed by atoms with van der Waals surface area (Å²) < 4.78 is 13.4. The third-order valence-electron chi connectivity index (χ3n) is 6.01. The van der Waals surface area contributed by atoms with Crippen LogP contribution in [-0.2, 0) is 0 Å². The van der Waals surface area contributed by atoms with E-state index in [-0.39, 0.29) is 17.8 Å². The smallest absolute Gasteiger partial charge is 0.255 e. The van der Waals surface area contributed by atoms with Gasteiger partial charge in [0.05, 0.1) is 5.56 Å². The minimum Gasteiger partial charge on any atom is -0.349 e. The van der Waals surface area contributed by atoms with Crippen LogP contribution in [0.25, 0.3) is 0 Å². The maximum absolute atomic E-state index is 13.4. The lowest BCUT2D eigenvalue weighted by atomic mass is 9.69. The lowest BCUT2D eigenvalue weighted by Crippen LogP contribution is -2.41. The van der Waals surface area contributed by atoms with E-state index in [1.165, 1.54) is 44.2 Å². The molecule has 1 aromatic carbocycles. The molecule has 2 aliphatic rings. The van der Waals surface area contributed by atoms with Crippen molar-refractivity contribution in [1.82, 2.24) is 10.3 Å². The maximum Gasteiger partial charge on any atom is 0.255 e. The van der Waals surface area contributed by atoms with Gasteiger partial charge in [-0.3, -0.25) is 4.79 Å². The van der Waals surface area contributed by atoms with Gasteiger partial charge in [-0.15, -0.1) is 0 Å². The second kappa shape index (κ2) is 8.07. The molecule has 2 saturated carbocycles. The zero-order valence-electron chi connectivity index (χ0n) is 15.5. The summed E-state index contributed by atoms with van der Waals surface area (Å²) in [6, 6.07) is 9.91. The first kappa shape index (κ1) is 18.0. The Morgan fingerprint density at radius 2 is 1.89 bits per heavy atom. The van der Waals surface area contributed by atoms with Crippen molar-refractivity contribution in [3.05, 3.63) is 54.0 Å². The van der Waals surface area contributed by atoms with Crippen molar-refractivity contribution in [3.8, 4) is 0 Å². The fraction of sp³-hybridized carbons (Fsp3) is 0.455. The van der Waals surface area contributed by atoms with Crippen LogP contribution < -0.4 is 10.6 Å². The molecule has 2 aromatic rings. The van der Waals surface area contributed by atoms with Crippen molar-refractivity contribution in [2.75, 3.05) is 5.32 Å². The van der Waals surface area contributed by atoms with Crippen LogP contribution in [-0.4, -0.2) is 16.9 Å². The Labute approximate surface area is 159 Å². The summed E-state index contributed by atoms with van der Waals surface area (Å²) >= 11 is 0. The minimum absolute atomic E-state index is 0.110. The normalized spacial score (nSPS) is 24.7. The molecule has 0 saturated heterocycles. The molecule has 2 N–H and O–H groups in total. The number of hydrogen-bond donors (Lipinski definition) is 2. The summed E-state index contributed by atoms with van der Waals surface area (Å²) in [5.41, 5.74) is 1.07. The standard InChI is InChI=1S/C22H26FN3O/c23-17-7-3-8-18(14-17)25-21-20(9-4-12-24-21)22(27)26-19-11-10-15-5-1-2-6-16(15)13-19/h3-4,7-9,12,14-16,19H,1-2,5-6,10-11,13H2,(H,24,25)(H,26,27)/t15-,16-,19-/m1/s1. The van der Waals surface area contributed by atoms with Gasteiger partial charge < -0.3 is 10.6 Å². The van der Waals surface area contributed by atoms with Gasteiger partial charge in [-0.2, -0.15) is 0 Å². The van der Waals surface area contributed by atoms with E-state index in [1.807, 2.05) is 0 Å². The van der Waals surface area contributed by atoms with Gasteiger partial charge in [0.1, 0.15) is 11.6 Å². The molecule has 27 heavy (non-hydrogen) atoms. The van der Waals surface area contributed by atoms with E-state index in [4.69, 9.17) is 0 Å². The number of carbonyl (C=O) groups excluding carboxylic acids is 1. The first-order valence-electron chi connectivity index (χ1n) is 9.97. The molecule has 1 aromatic heterocycles. The Hall–Kier alpha value is -2.43. The first-order chi connectivity index (χ1) is 13.2. The zero-order chi connectivity index (χ0) is 18.6. The molecule has 0 aliphatic heterocycles. The predicted molar refractivity (Wildman–Crippen MR) is 104 cm³/mol. The molecular formula is C22H26FN3O. The van der Waals surface area contributed by atoms with Crippen LogP contribution in [0.2, 0.25) is 0 Å². The first-order valence-corrected chi connectivity index (χ1v) is 9.97. The third-order valence-corrected chi connectivity index (χ3v) is 6.01. The largest absolute Gasteiger partial charge is 0.349 e. The van der Waals surface area contributed by atoms with Crippen LogP contribution in [0.3, 0.4) is 0 Å². The maximum atomic E-state index is 13.4. The molecule has 2 aliphatic carbocycles. The van der Waals surface area contributed by atoms with Crippen molar-refractivity contribution < 1.29 is 9.18 Å². The van der Waals surface area contributed by atoms with E-state index >= 15 is 0 Å². The van der Waals surface area contributed by atoms with E-state index in [2.05, 4.69) is 15.6 Å². The summed E-state index contributed by atoms with van der Waals surface area (Å²) in [6.45, 7) is 0. The second-order valence-corrected chi connectivity index (χ2v) is 7.82. The highest BCUT2D eigenvalue weighted by Crippen LogP contribution is 2.40. The average molecular weight is 367 g/mol. The van der Waals surface area contributed by atoms with Gasteiger partial charge >= 0.3 is 0 Å². The predicted octanol–water partition coefficient (Wildman–Crippen LogP) is 5.05. The number of nitrogens with zero attached hydrogens (tertiary/aromatic N) is 1. The van der Waals surface area contributed by atoms with Gasteiger partial charge in [-0.1, -0.05) is 31.7 Å². The van der Waals surface area contributed by atoms with E-state index in [9.17, 15) is 9.18 Å². The number of halogens is 1. The number of fused-ring (bicyclic) bond motifs is 1. The van der Waals surface area contributed by atoms with Crippen molar-refractivity contribution in [1.29, 1.82) is 0 Å². The zero-order valence-corrected chi connectivity index (χ0v) is 15.5. The molecular weight excluding hydrogens is 341 g/mol. The number of rotatable bonds is 4. The average Bonchev–Trinajstić information content (AvgIpc) is 2.68. The van der Waals surface area contributed by atoms with E-state index < -0.39 is 0 Å². The number of benzene rings is 1. The molecule has 0 unspecified atom stereocenters. The number of aromatic nitrogens is 1.